The molecule has 0 radical (unpaired) electrons. The largest absolute Gasteiger partial charge is 0.465 e. The van der Waals surface area contributed by atoms with E-state index in [1.54, 1.807) is 0 Å². The Balaban J connectivity index is 1.71. The summed E-state index contributed by atoms with van der Waals surface area (Å²) in [5, 5.41) is 3.37. The minimum atomic E-state index is 0.694. The zero-order chi connectivity index (χ0) is 14.2. The molecule has 1 aliphatic carbocycles. The lowest BCUT2D eigenvalue weighted by molar-refractivity contribution is 0.0732. The molecule has 3 nitrogen and oxygen atoms in total. The van der Waals surface area contributed by atoms with E-state index in [-0.39, 0.29) is 0 Å². The first-order chi connectivity index (χ1) is 9.79. The molecular formula is C17H29NO2. The van der Waals surface area contributed by atoms with Crippen molar-refractivity contribution in [2.45, 2.75) is 65.5 Å². The molecule has 0 amide bonds. The zero-order valence-corrected chi connectivity index (χ0v) is 13.0. The Labute approximate surface area is 123 Å². The molecule has 2 rings (SSSR count). The minimum Gasteiger partial charge on any atom is -0.465 e. The topological polar surface area (TPSA) is 34.4 Å². The van der Waals surface area contributed by atoms with Gasteiger partial charge in [0.2, 0.25) is 0 Å². The smallest absolute Gasteiger partial charge is 0.118 e. The Bertz CT molecular complexity index is 380. The molecular weight excluding hydrogens is 250 g/mol. The van der Waals surface area contributed by atoms with Crippen molar-refractivity contribution in [3.63, 3.8) is 0 Å². The second-order valence-corrected chi connectivity index (χ2v) is 5.99. The van der Waals surface area contributed by atoms with Gasteiger partial charge in [-0.05, 0) is 44.7 Å². The molecule has 0 saturated heterocycles. The van der Waals surface area contributed by atoms with Gasteiger partial charge in [-0.3, -0.25) is 0 Å². The van der Waals surface area contributed by atoms with E-state index in [2.05, 4.69) is 18.3 Å². The lowest BCUT2D eigenvalue weighted by Crippen LogP contribution is -2.13. The average molecular weight is 279 g/mol. The highest BCUT2D eigenvalue weighted by atomic mass is 16.5. The summed E-state index contributed by atoms with van der Waals surface area (Å²) in [4.78, 5) is 0. The Morgan fingerprint density at radius 1 is 1.30 bits per heavy atom. The van der Waals surface area contributed by atoms with Gasteiger partial charge in [-0.25, -0.2) is 0 Å². The van der Waals surface area contributed by atoms with Gasteiger partial charge in [0, 0.05) is 12.2 Å². The maximum Gasteiger partial charge on any atom is 0.118 e. The molecule has 1 fully saturated rings. The summed E-state index contributed by atoms with van der Waals surface area (Å²) in [6.07, 6.45) is 8.01. The van der Waals surface area contributed by atoms with Gasteiger partial charge in [0.05, 0.1) is 13.2 Å². The fourth-order valence-corrected chi connectivity index (χ4v) is 2.90. The number of aryl methyl sites for hydroxylation is 1. The van der Waals surface area contributed by atoms with Crippen molar-refractivity contribution in [1.29, 1.82) is 0 Å². The van der Waals surface area contributed by atoms with E-state index in [9.17, 15) is 0 Å². The second kappa shape index (κ2) is 8.48. The van der Waals surface area contributed by atoms with Crippen LogP contribution >= 0.6 is 0 Å². The normalized spacial score (nSPS) is 16.7. The molecule has 0 spiro atoms. The number of nitrogens with one attached hydrogen (secondary N) is 1. The predicted octanol–water partition coefficient (Wildman–Crippen LogP) is 4.18. The van der Waals surface area contributed by atoms with Gasteiger partial charge < -0.3 is 14.5 Å². The number of hydrogen-bond donors (Lipinski definition) is 1. The number of rotatable bonds is 8. The first-order valence-corrected chi connectivity index (χ1v) is 8.16. The molecule has 114 valence electrons. The van der Waals surface area contributed by atoms with Crippen molar-refractivity contribution in [3.8, 4) is 0 Å². The van der Waals surface area contributed by atoms with Crippen LogP contribution < -0.4 is 5.32 Å². The molecule has 1 aromatic heterocycles. The van der Waals surface area contributed by atoms with Crippen LogP contribution in [-0.4, -0.2) is 13.2 Å². The zero-order valence-electron chi connectivity index (χ0n) is 13.0. The second-order valence-electron chi connectivity index (χ2n) is 5.99. The molecule has 0 aliphatic heterocycles. The third-order valence-corrected chi connectivity index (χ3v) is 4.13. The van der Waals surface area contributed by atoms with Crippen LogP contribution in [0.5, 0.6) is 0 Å². The Hall–Kier alpha value is -0.800. The van der Waals surface area contributed by atoms with Crippen molar-refractivity contribution in [2.24, 2.45) is 5.92 Å². The molecule has 0 aromatic carbocycles. The van der Waals surface area contributed by atoms with Crippen LogP contribution in [0.3, 0.4) is 0 Å². The Kier molecular flexibility index (Phi) is 6.61. The average Bonchev–Trinajstić information content (AvgIpc) is 2.81. The van der Waals surface area contributed by atoms with Crippen molar-refractivity contribution >= 4 is 0 Å². The van der Waals surface area contributed by atoms with Crippen LogP contribution in [0.25, 0.3) is 0 Å². The summed E-state index contributed by atoms with van der Waals surface area (Å²) >= 11 is 0. The third kappa shape index (κ3) is 4.95. The summed E-state index contributed by atoms with van der Waals surface area (Å²) in [6, 6.07) is 2.14. The van der Waals surface area contributed by atoms with Crippen LogP contribution in [0, 0.1) is 12.8 Å². The van der Waals surface area contributed by atoms with Gasteiger partial charge in [-0.1, -0.05) is 26.2 Å². The van der Waals surface area contributed by atoms with Gasteiger partial charge in [0.15, 0.2) is 0 Å². The molecule has 1 saturated carbocycles. The van der Waals surface area contributed by atoms with E-state index in [0.29, 0.717) is 6.61 Å². The van der Waals surface area contributed by atoms with Crippen molar-refractivity contribution < 1.29 is 9.15 Å². The number of hydrogen-bond acceptors (Lipinski definition) is 3. The lowest BCUT2D eigenvalue weighted by atomic mass is 9.90. The molecule has 0 unspecified atom stereocenters. The van der Waals surface area contributed by atoms with E-state index in [1.165, 1.54) is 37.7 Å². The van der Waals surface area contributed by atoms with Gasteiger partial charge in [-0.2, -0.15) is 0 Å². The monoisotopic (exact) mass is 279 g/mol. The number of ether oxygens (including phenoxy) is 1. The predicted molar refractivity (Wildman–Crippen MR) is 81.7 cm³/mol. The summed E-state index contributed by atoms with van der Waals surface area (Å²) in [7, 11) is 0. The highest BCUT2D eigenvalue weighted by Crippen LogP contribution is 2.24. The molecule has 1 aliphatic rings. The molecule has 1 aromatic rings. The molecule has 20 heavy (non-hydrogen) atoms. The van der Waals surface area contributed by atoms with E-state index in [4.69, 9.17) is 9.15 Å². The minimum absolute atomic E-state index is 0.694. The standard InChI is InChI=1S/C17H29NO2/c1-3-9-18-11-17-10-16(14(2)20-17)13-19-12-15-7-5-4-6-8-15/h10,15,18H,3-9,11-13H2,1-2H3. The van der Waals surface area contributed by atoms with E-state index in [1.807, 2.05) is 6.92 Å². The van der Waals surface area contributed by atoms with Crippen LogP contribution in [0.2, 0.25) is 0 Å². The molecule has 0 atom stereocenters. The highest BCUT2D eigenvalue weighted by Gasteiger charge is 2.14. The van der Waals surface area contributed by atoms with Gasteiger partial charge in [-0.15, -0.1) is 0 Å². The van der Waals surface area contributed by atoms with E-state index >= 15 is 0 Å². The number of furan rings is 1. The third-order valence-electron chi connectivity index (χ3n) is 4.13. The maximum atomic E-state index is 5.90. The quantitative estimate of drug-likeness (QED) is 0.725. The SMILES string of the molecule is CCCNCc1cc(COCC2CCCCC2)c(C)o1. The summed E-state index contributed by atoms with van der Waals surface area (Å²) in [5.74, 6) is 2.80. The summed E-state index contributed by atoms with van der Waals surface area (Å²) < 4.78 is 11.7. The molecule has 3 heteroatoms. The summed E-state index contributed by atoms with van der Waals surface area (Å²) in [5.41, 5.74) is 1.20. The van der Waals surface area contributed by atoms with Crippen LogP contribution in [-0.2, 0) is 17.9 Å². The lowest BCUT2D eigenvalue weighted by Gasteiger charge is -2.21. The fraction of sp³-hybridized carbons (Fsp3) is 0.765. The fourth-order valence-electron chi connectivity index (χ4n) is 2.90. The van der Waals surface area contributed by atoms with Crippen LogP contribution in [0.1, 0.15) is 62.5 Å². The molecule has 0 bridgehead atoms. The highest BCUT2D eigenvalue weighted by molar-refractivity contribution is 5.19. The van der Waals surface area contributed by atoms with Crippen molar-refractivity contribution in [3.05, 3.63) is 23.2 Å². The Morgan fingerprint density at radius 3 is 2.85 bits per heavy atom. The van der Waals surface area contributed by atoms with Crippen LogP contribution in [0.4, 0.5) is 0 Å². The van der Waals surface area contributed by atoms with Gasteiger partial charge in [0.1, 0.15) is 11.5 Å². The van der Waals surface area contributed by atoms with E-state index < -0.39 is 0 Å². The maximum absolute atomic E-state index is 5.90. The van der Waals surface area contributed by atoms with E-state index in [0.717, 1.165) is 43.6 Å². The van der Waals surface area contributed by atoms with Crippen molar-refractivity contribution in [1.82, 2.24) is 5.32 Å². The van der Waals surface area contributed by atoms with Crippen LogP contribution in [0.15, 0.2) is 10.5 Å². The van der Waals surface area contributed by atoms with Gasteiger partial charge >= 0.3 is 0 Å². The van der Waals surface area contributed by atoms with Crippen molar-refractivity contribution in [2.75, 3.05) is 13.2 Å². The Morgan fingerprint density at radius 2 is 2.10 bits per heavy atom. The first kappa shape index (κ1) is 15.6. The summed E-state index contributed by atoms with van der Waals surface area (Å²) in [6.45, 7) is 7.66. The molecule has 1 N–H and O–H groups in total. The molecule has 1 heterocycles. The van der Waals surface area contributed by atoms with Gasteiger partial charge in [0.25, 0.3) is 0 Å². The first-order valence-electron chi connectivity index (χ1n) is 8.16.